The number of likely N-dealkylation sites (tertiary alicyclic amines) is 1. The van der Waals surface area contributed by atoms with Gasteiger partial charge in [0.25, 0.3) is 5.91 Å². The van der Waals surface area contributed by atoms with Gasteiger partial charge < -0.3 is 4.90 Å². The molecule has 3 aromatic carbocycles. The van der Waals surface area contributed by atoms with Gasteiger partial charge in [-0.25, -0.2) is 0 Å². The first-order valence-corrected chi connectivity index (χ1v) is 9.84. The minimum Gasteiger partial charge on any atom is -0.332 e. The van der Waals surface area contributed by atoms with Crippen LogP contribution in [0.2, 0.25) is 5.02 Å². The van der Waals surface area contributed by atoms with Crippen LogP contribution in [-0.4, -0.2) is 17.4 Å². The van der Waals surface area contributed by atoms with Crippen LogP contribution in [0.3, 0.4) is 0 Å². The van der Waals surface area contributed by atoms with E-state index in [9.17, 15) is 4.79 Å². The number of carbonyl (C=O) groups is 1. The van der Waals surface area contributed by atoms with Gasteiger partial charge in [0.15, 0.2) is 0 Å². The minimum absolute atomic E-state index is 0.0823. The fraction of sp³-hybridized carbons (Fsp3) is 0.208. The lowest BCUT2D eigenvalue weighted by atomic mass is 9.94. The van der Waals surface area contributed by atoms with Gasteiger partial charge in [-0.2, -0.15) is 0 Å². The molecule has 2 nitrogen and oxygen atoms in total. The van der Waals surface area contributed by atoms with Crippen LogP contribution in [0, 0.1) is 0 Å². The highest BCUT2D eigenvalue weighted by atomic mass is 35.5. The third-order valence-corrected chi connectivity index (χ3v) is 6.16. The van der Waals surface area contributed by atoms with Gasteiger partial charge in [0.1, 0.15) is 0 Å². The maximum absolute atomic E-state index is 13.2. The maximum Gasteiger partial charge on any atom is 0.254 e. The molecule has 0 radical (unpaired) electrons. The predicted octanol–water partition coefficient (Wildman–Crippen LogP) is 6.08. The Labute approximate surface area is 164 Å². The van der Waals surface area contributed by atoms with Gasteiger partial charge in [0.05, 0.1) is 6.04 Å². The van der Waals surface area contributed by atoms with Crippen molar-refractivity contribution in [2.24, 2.45) is 0 Å². The normalized spacial score (nSPS) is 20.4. The van der Waals surface area contributed by atoms with E-state index in [0.717, 1.165) is 19.4 Å². The summed E-state index contributed by atoms with van der Waals surface area (Å²) in [6, 6.07) is 24.7. The Bertz CT molecular complexity index is 1010. The zero-order chi connectivity index (χ0) is 18.4. The SMILES string of the molecule is O=C(c1cccc(Cl)c1)N1CC[C@@H]2CC1c1cc(-c3ccccc3)ccc12. The molecule has 1 saturated heterocycles. The van der Waals surface area contributed by atoms with E-state index in [2.05, 4.69) is 42.5 Å². The number of halogens is 1. The summed E-state index contributed by atoms with van der Waals surface area (Å²) in [5.41, 5.74) is 5.84. The van der Waals surface area contributed by atoms with E-state index in [1.54, 1.807) is 6.07 Å². The van der Waals surface area contributed by atoms with E-state index in [-0.39, 0.29) is 11.9 Å². The number of amides is 1. The number of rotatable bonds is 2. The lowest BCUT2D eigenvalue weighted by Gasteiger charge is -2.34. The van der Waals surface area contributed by atoms with Crippen LogP contribution in [0.25, 0.3) is 11.1 Å². The van der Waals surface area contributed by atoms with E-state index in [0.29, 0.717) is 16.5 Å². The third kappa shape index (κ3) is 2.85. The van der Waals surface area contributed by atoms with Gasteiger partial charge in [-0.15, -0.1) is 0 Å². The van der Waals surface area contributed by atoms with Crippen molar-refractivity contribution in [3.05, 3.63) is 94.5 Å². The van der Waals surface area contributed by atoms with E-state index in [1.807, 2.05) is 29.2 Å². The molecular weight excluding hydrogens is 354 g/mol. The zero-order valence-electron chi connectivity index (χ0n) is 14.9. The molecule has 1 amide bonds. The Hall–Kier alpha value is -2.58. The molecule has 1 aliphatic carbocycles. The first-order valence-electron chi connectivity index (χ1n) is 9.46. The van der Waals surface area contributed by atoms with E-state index in [4.69, 9.17) is 11.6 Å². The average molecular weight is 374 g/mol. The van der Waals surface area contributed by atoms with Crippen LogP contribution < -0.4 is 0 Å². The van der Waals surface area contributed by atoms with Crippen molar-refractivity contribution in [2.75, 3.05) is 6.54 Å². The molecule has 1 fully saturated rings. The Morgan fingerprint density at radius 2 is 1.74 bits per heavy atom. The fourth-order valence-electron chi connectivity index (χ4n) is 4.62. The summed E-state index contributed by atoms with van der Waals surface area (Å²) in [6.07, 6.45) is 2.06. The quantitative estimate of drug-likeness (QED) is 0.533. The smallest absolute Gasteiger partial charge is 0.254 e. The molecule has 134 valence electrons. The number of fused-ring (bicyclic) bond motifs is 5. The summed E-state index contributed by atoms with van der Waals surface area (Å²) in [6.45, 7) is 0.802. The Morgan fingerprint density at radius 3 is 2.56 bits per heavy atom. The lowest BCUT2D eigenvalue weighted by molar-refractivity contribution is 0.0620. The van der Waals surface area contributed by atoms with Gasteiger partial charge in [-0.3, -0.25) is 4.79 Å². The second-order valence-corrected chi connectivity index (χ2v) is 7.89. The molecule has 0 N–H and O–H groups in total. The van der Waals surface area contributed by atoms with Crippen LogP contribution in [-0.2, 0) is 0 Å². The summed E-state index contributed by atoms with van der Waals surface area (Å²) in [5.74, 6) is 0.650. The standard InChI is InChI=1S/C24H20ClNO/c25-20-8-4-7-19(13-20)24(27)26-12-11-18-15-23(26)22-14-17(9-10-21(18)22)16-5-2-1-3-6-16/h1-10,13-14,18,23H,11-12,15H2/t18-,23?/m1/s1. The number of carbonyl (C=O) groups excluding carboxylic acids is 1. The molecule has 0 saturated carbocycles. The monoisotopic (exact) mass is 373 g/mol. The highest BCUT2D eigenvalue weighted by Gasteiger charge is 2.41. The van der Waals surface area contributed by atoms with Gasteiger partial charge >= 0.3 is 0 Å². The molecule has 1 heterocycles. The highest BCUT2D eigenvalue weighted by molar-refractivity contribution is 6.30. The molecule has 3 heteroatoms. The Balaban J connectivity index is 1.52. The summed E-state index contributed by atoms with van der Waals surface area (Å²) in [4.78, 5) is 15.2. The van der Waals surface area contributed by atoms with Crippen molar-refractivity contribution in [3.63, 3.8) is 0 Å². The largest absolute Gasteiger partial charge is 0.332 e. The molecular formula is C24H20ClNO. The molecule has 3 aromatic rings. The molecule has 27 heavy (non-hydrogen) atoms. The summed E-state index contributed by atoms with van der Waals surface area (Å²) in [7, 11) is 0. The Morgan fingerprint density at radius 1 is 0.889 bits per heavy atom. The average Bonchev–Trinajstić information content (AvgIpc) is 3.00. The number of nitrogens with zero attached hydrogens (tertiary/aromatic N) is 1. The molecule has 2 atom stereocenters. The molecule has 1 aliphatic heterocycles. The van der Waals surface area contributed by atoms with Gasteiger partial charge in [-0.1, -0.05) is 60.1 Å². The number of hydrogen-bond acceptors (Lipinski definition) is 1. The first kappa shape index (κ1) is 16.6. The van der Waals surface area contributed by atoms with Crippen LogP contribution in [0.4, 0.5) is 0 Å². The van der Waals surface area contributed by atoms with Crippen LogP contribution in [0.5, 0.6) is 0 Å². The van der Waals surface area contributed by atoms with Crippen molar-refractivity contribution in [3.8, 4) is 11.1 Å². The van der Waals surface area contributed by atoms with E-state index >= 15 is 0 Å². The van der Waals surface area contributed by atoms with Crippen molar-refractivity contribution in [1.29, 1.82) is 0 Å². The number of hydrogen-bond donors (Lipinski definition) is 0. The molecule has 5 rings (SSSR count). The number of piperidine rings is 1. The number of benzene rings is 3. The van der Waals surface area contributed by atoms with E-state index in [1.165, 1.54) is 22.3 Å². The summed E-state index contributed by atoms with van der Waals surface area (Å²) in [5, 5.41) is 0.605. The third-order valence-electron chi connectivity index (χ3n) is 5.93. The molecule has 2 bridgehead atoms. The summed E-state index contributed by atoms with van der Waals surface area (Å²) < 4.78 is 0. The van der Waals surface area contributed by atoms with Crippen molar-refractivity contribution < 1.29 is 4.79 Å². The molecule has 0 spiro atoms. The van der Waals surface area contributed by atoms with Crippen molar-refractivity contribution in [2.45, 2.75) is 24.8 Å². The Kier molecular flexibility index (Phi) is 4.02. The fourth-order valence-corrected chi connectivity index (χ4v) is 4.81. The topological polar surface area (TPSA) is 20.3 Å². The van der Waals surface area contributed by atoms with Crippen LogP contribution in [0.15, 0.2) is 72.8 Å². The van der Waals surface area contributed by atoms with Crippen LogP contribution >= 0.6 is 11.6 Å². The molecule has 2 aliphatic rings. The van der Waals surface area contributed by atoms with Crippen LogP contribution in [0.1, 0.15) is 46.3 Å². The molecule has 1 unspecified atom stereocenters. The zero-order valence-corrected chi connectivity index (χ0v) is 15.7. The lowest BCUT2D eigenvalue weighted by Crippen LogP contribution is -2.37. The maximum atomic E-state index is 13.2. The second-order valence-electron chi connectivity index (χ2n) is 7.46. The van der Waals surface area contributed by atoms with Gasteiger partial charge in [0, 0.05) is 17.1 Å². The highest BCUT2D eigenvalue weighted by Crippen LogP contribution is 2.50. The predicted molar refractivity (Wildman–Crippen MR) is 109 cm³/mol. The molecule has 0 aromatic heterocycles. The second kappa shape index (κ2) is 6.54. The van der Waals surface area contributed by atoms with Crippen molar-refractivity contribution in [1.82, 2.24) is 4.90 Å². The van der Waals surface area contributed by atoms with Gasteiger partial charge in [-0.05, 0) is 65.3 Å². The van der Waals surface area contributed by atoms with Crippen molar-refractivity contribution >= 4 is 17.5 Å². The first-order chi connectivity index (χ1) is 13.2. The minimum atomic E-state index is 0.0823. The van der Waals surface area contributed by atoms with Gasteiger partial charge in [0.2, 0.25) is 0 Å². The van der Waals surface area contributed by atoms with E-state index < -0.39 is 0 Å². The summed E-state index contributed by atoms with van der Waals surface area (Å²) >= 11 is 6.11.